The summed E-state index contributed by atoms with van der Waals surface area (Å²) in [6, 6.07) is 0.502. The number of nitrogens with one attached hydrogen (secondary N) is 1. The number of fused-ring (bicyclic) bond motifs is 1. The molecule has 1 atom stereocenters. The maximum absolute atomic E-state index is 13.2. The largest absolute Gasteiger partial charge is 0.336 e. The normalized spacial score (nSPS) is 37.4. The molecule has 30 heavy (non-hydrogen) atoms. The lowest BCUT2D eigenvalue weighted by molar-refractivity contribution is -0.0364. The summed E-state index contributed by atoms with van der Waals surface area (Å²) in [4.78, 5) is 15.2. The predicted octanol–water partition coefficient (Wildman–Crippen LogP) is 3.13. The Morgan fingerprint density at radius 1 is 1.10 bits per heavy atom. The van der Waals surface area contributed by atoms with Crippen LogP contribution < -0.4 is 5.32 Å². The van der Waals surface area contributed by atoms with Gasteiger partial charge in [-0.15, -0.1) is 0 Å². The maximum Gasteiger partial charge on any atom is 0.274 e. The Hall–Kier alpha value is -1.01. The molecule has 164 valence electrons. The number of rotatable bonds is 4. The van der Waals surface area contributed by atoms with Crippen molar-refractivity contribution in [2.75, 3.05) is 31.1 Å². The summed E-state index contributed by atoms with van der Waals surface area (Å²) in [6.07, 6.45) is 10.7. The van der Waals surface area contributed by atoms with Gasteiger partial charge in [-0.2, -0.15) is 16.9 Å². The fourth-order valence-electron chi connectivity index (χ4n) is 7.73. The van der Waals surface area contributed by atoms with Crippen LogP contribution in [0.3, 0.4) is 0 Å². The Morgan fingerprint density at radius 3 is 2.50 bits per heavy atom. The monoisotopic (exact) mass is 428 g/mol. The van der Waals surface area contributed by atoms with E-state index in [0.29, 0.717) is 6.04 Å². The quantitative estimate of drug-likeness (QED) is 0.801. The van der Waals surface area contributed by atoms with Crippen molar-refractivity contribution in [2.45, 2.75) is 57.4 Å². The van der Waals surface area contributed by atoms with Gasteiger partial charge in [-0.05, 0) is 87.5 Å². The lowest BCUT2D eigenvalue weighted by Crippen LogP contribution is -2.50. The van der Waals surface area contributed by atoms with E-state index in [1.807, 2.05) is 28.4 Å². The molecule has 0 spiro atoms. The van der Waals surface area contributed by atoms with Gasteiger partial charge in [0.15, 0.2) is 5.69 Å². The van der Waals surface area contributed by atoms with Crippen LogP contribution in [0.1, 0.15) is 60.3 Å². The van der Waals surface area contributed by atoms with E-state index in [9.17, 15) is 4.79 Å². The van der Waals surface area contributed by atoms with Crippen molar-refractivity contribution in [1.82, 2.24) is 20.0 Å². The highest BCUT2D eigenvalue weighted by Gasteiger charge is 2.48. The van der Waals surface area contributed by atoms with Gasteiger partial charge in [0.05, 0.1) is 0 Å². The summed E-state index contributed by atoms with van der Waals surface area (Å²) in [5, 5.41) is 8.68. The summed E-state index contributed by atoms with van der Waals surface area (Å²) >= 11 is 1.95. The Labute approximate surface area is 184 Å². The van der Waals surface area contributed by atoms with E-state index in [1.165, 1.54) is 56.3 Å². The molecule has 1 aromatic rings. The number of thioether (sulfide) groups is 1. The highest BCUT2D eigenvalue weighted by Crippen LogP contribution is 2.56. The lowest BCUT2D eigenvalue weighted by Gasteiger charge is -2.54. The van der Waals surface area contributed by atoms with Gasteiger partial charge in [-0.1, -0.05) is 0 Å². The van der Waals surface area contributed by atoms with Crippen molar-refractivity contribution >= 4 is 17.7 Å². The van der Waals surface area contributed by atoms with Gasteiger partial charge in [-0.3, -0.25) is 9.48 Å². The van der Waals surface area contributed by atoms with Gasteiger partial charge in [-0.25, -0.2) is 0 Å². The third kappa shape index (κ3) is 3.42. The molecule has 2 heterocycles. The van der Waals surface area contributed by atoms with Crippen LogP contribution in [0.15, 0.2) is 0 Å². The van der Waals surface area contributed by atoms with Crippen LogP contribution in [0.5, 0.6) is 0 Å². The molecule has 5 aliphatic carbocycles. The zero-order valence-electron chi connectivity index (χ0n) is 18.3. The first-order chi connectivity index (χ1) is 14.7. The number of aromatic nitrogens is 2. The fourth-order valence-corrected chi connectivity index (χ4v) is 8.63. The van der Waals surface area contributed by atoms with Gasteiger partial charge in [0.2, 0.25) is 0 Å². The number of nitrogens with zero attached hydrogens (tertiary/aromatic N) is 3. The molecule has 1 aromatic heterocycles. The van der Waals surface area contributed by atoms with Crippen LogP contribution in [0, 0.1) is 29.6 Å². The first-order valence-corrected chi connectivity index (χ1v) is 13.5. The average Bonchev–Trinajstić information content (AvgIpc) is 3.09. The molecule has 7 rings (SSSR count). The minimum absolute atomic E-state index is 0.161. The standard InChI is InChI=1S/C24H36N4OS/c1-27-22-3-2-19(13-20(22)23(26-27)24(29)28-4-6-30-7-5-28)25-14-21-17-9-15-8-16(11-17)12-18(21)10-15/h15-19,21,25H,2-14H2,1H3. The van der Waals surface area contributed by atoms with Crippen molar-refractivity contribution in [2.24, 2.45) is 36.6 Å². The molecule has 4 saturated carbocycles. The Bertz CT molecular complexity index is 786. The molecule has 6 aliphatic rings. The van der Waals surface area contributed by atoms with Crippen LogP contribution >= 0.6 is 11.8 Å². The molecule has 0 radical (unpaired) electrons. The van der Waals surface area contributed by atoms with Crippen LogP contribution in [-0.4, -0.2) is 57.8 Å². The second-order valence-electron chi connectivity index (χ2n) is 10.7. The van der Waals surface area contributed by atoms with E-state index in [1.54, 1.807) is 0 Å². The van der Waals surface area contributed by atoms with Crippen LogP contribution in [0.25, 0.3) is 0 Å². The molecule has 1 N–H and O–H groups in total. The van der Waals surface area contributed by atoms with Crippen LogP contribution in [-0.2, 0) is 19.9 Å². The minimum atomic E-state index is 0.161. The molecule has 5 fully saturated rings. The zero-order chi connectivity index (χ0) is 20.2. The summed E-state index contributed by atoms with van der Waals surface area (Å²) in [5.74, 6) is 7.25. The predicted molar refractivity (Wildman–Crippen MR) is 121 cm³/mol. The molecular weight excluding hydrogens is 392 g/mol. The Kier molecular flexibility index (Phi) is 5.14. The van der Waals surface area contributed by atoms with Crippen molar-refractivity contribution in [1.29, 1.82) is 0 Å². The van der Waals surface area contributed by atoms with Crippen molar-refractivity contribution < 1.29 is 4.79 Å². The van der Waals surface area contributed by atoms with E-state index in [-0.39, 0.29) is 5.91 Å². The first kappa shape index (κ1) is 19.7. The maximum atomic E-state index is 13.2. The topological polar surface area (TPSA) is 50.2 Å². The Morgan fingerprint density at radius 2 is 1.80 bits per heavy atom. The highest BCUT2D eigenvalue weighted by atomic mass is 32.2. The highest BCUT2D eigenvalue weighted by molar-refractivity contribution is 7.99. The number of hydrogen-bond acceptors (Lipinski definition) is 4. The molecule has 4 bridgehead atoms. The summed E-state index contributed by atoms with van der Waals surface area (Å²) < 4.78 is 1.98. The molecule has 1 saturated heterocycles. The van der Waals surface area contributed by atoms with E-state index < -0.39 is 0 Å². The number of hydrogen-bond donors (Lipinski definition) is 1. The molecule has 1 unspecified atom stereocenters. The fraction of sp³-hybridized carbons (Fsp3) is 0.833. The van der Waals surface area contributed by atoms with Gasteiger partial charge in [0.1, 0.15) is 0 Å². The average molecular weight is 429 g/mol. The van der Waals surface area contributed by atoms with Gasteiger partial charge in [0.25, 0.3) is 5.91 Å². The smallest absolute Gasteiger partial charge is 0.274 e. The SMILES string of the molecule is Cn1nc(C(=O)N2CCSCC2)c2c1CCC(NCC1C3CC4CC(C3)CC1C4)C2. The summed E-state index contributed by atoms with van der Waals surface area (Å²) in [7, 11) is 2.02. The van der Waals surface area contributed by atoms with Crippen LogP contribution in [0.4, 0.5) is 0 Å². The van der Waals surface area contributed by atoms with Gasteiger partial charge < -0.3 is 10.2 Å². The van der Waals surface area contributed by atoms with Crippen molar-refractivity contribution in [3.8, 4) is 0 Å². The number of amides is 1. The number of carbonyl (C=O) groups is 1. The first-order valence-electron chi connectivity index (χ1n) is 12.3. The molecule has 1 aliphatic heterocycles. The van der Waals surface area contributed by atoms with E-state index in [2.05, 4.69) is 5.32 Å². The minimum Gasteiger partial charge on any atom is -0.336 e. The number of carbonyl (C=O) groups excluding carboxylic acids is 1. The number of aryl methyl sites for hydroxylation is 1. The molecule has 1 amide bonds. The molecular formula is C24H36N4OS. The van der Waals surface area contributed by atoms with E-state index in [4.69, 9.17) is 5.10 Å². The van der Waals surface area contributed by atoms with Crippen LogP contribution in [0.2, 0.25) is 0 Å². The lowest BCUT2D eigenvalue weighted by atomic mass is 9.52. The van der Waals surface area contributed by atoms with Gasteiger partial charge in [0, 0.05) is 48.9 Å². The second kappa shape index (κ2) is 7.84. The molecule has 0 aromatic carbocycles. The third-order valence-electron chi connectivity index (χ3n) is 9.02. The Balaban J connectivity index is 1.13. The zero-order valence-corrected chi connectivity index (χ0v) is 19.1. The summed E-state index contributed by atoms with van der Waals surface area (Å²) in [5.41, 5.74) is 3.26. The van der Waals surface area contributed by atoms with Gasteiger partial charge >= 0.3 is 0 Å². The third-order valence-corrected chi connectivity index (χ3v) is 9.96. The molecule has 5 nitrogen and oxygen atoms in total. The van der Waals surface area contributed by atoms with Crippen molar-refractivity contribution in [3.63, 3.8) is 0 Å². The van der Waals surface area contributed by atoms with E-state index in [0.717, 1.165) is 72.7 Å². The second-order valence-corrected chi connectivity index (χ2v) is 12.0. The van der Waals surface area contributed by atoms with E-state index >= 15 is 0 Å². The summed E-state index contributed by atoms with van der Waals surface area (Å²) in [6.45, 7) is 2.92. The van der Waals surface area contributed by atoms with Crippen molar-refractivity contribution in [3.05, 3.63) is 17.0 Å². The molecule has 6 heteroatoms.